The fourth-order valence-electron chi connectivity index (χ4n) is 10.2. The number of ether oxygens (including phenoxy) is 3. The van der Waals surface area contributed by atoms with E-state index in [1.54, 1.807) is 93.6 Å². The van der Waals surface area contributed by atoms with Gasteiger partial charge in [-0.2, -0.15) is 0 Å². The van der Waals surface area contributed by atoms with Crippen molar-refractivity contribution in [1.82, 2.24) is 5.32 Å². The zero-order valence-electron chi connectivity index (χ0n) is 34.4. The number of rotatable bonds is 8. The van der Waals surface area contributed by atoms with Gasteiger partial charge in [0.1, 0.15) is 29.5 Å². The van der Waals surface area contributed by atoms with Crippen molar-refractivity contribution in [1.29, 1.82) is 0 Å². The molecule has 2 bridgehead atoms. The molecule has 7 rings (SSSR count). The first-order chi connectivity index (χ1) is 27.3. The minimum absolute atomic E-state index is 0. The Labute approximate surface area is 420 Å². The Kier molecular flexibility index (Phi) is 15.0. The van der Waals surface area contributed by atoms with Gasteiger partial charge in [-0.3, -0.25) is 9.59 Å². The number of aryl methyl sites for hydroxylation is 1. The molecule has 15 heteroatoms. The molecule has 2 saturated carbocycles. The van der Waals surface area contributed by atoms with Gasteiger partial charge in [0.15, 0.2) is 11.9 Å². The van der Waals surface area contributed by atoms with E-state index in [9.17, 15) is 44.7 Å². The molecule has 2 radical (unpaired) electrons. The summed E-state index contributed by atoms with van der Waals surface area (Å²) in [6, 6.07) is 21.7. The van der Waals surface area contributed by atoms with E-state index in [1.807, 2.05) is 6.92 Å². The largest absolute Gasteiger partial charge is 0.456 e. The van der Waals surface area contributed by atoms with Crippen LogP contribution in [0.4, 0.5) is 0 Å². The number of amides is 1. The maximum atomic E-state index is 14.9. The summed E-state index contributed by atoms with van der Waals surface area (Å²) in [6.45, 7) is 9.20. The molecule has 60 heavy (non-hydrogen) atoms. The third-order valence-electron chi connectivity index (χ3n) is 13.6. The van der Waals surface area contributed by atoms with E-state index in [0.717, 1.165) is 5.56 Å². The molecule has 1 heterocycles. The molecular formula is C45H51Ac2NO12. The Balaban J connectivity index is 0.00000341. The van der Waals surface area contributed by atoms with Crippen LogP contribution >= 0.6 is 0 Å². The summed E-state index contributed by atoms with van der Waals surface area (Å²) in [6.07, 6.45) is -10.2. The zero-order valence-corrected chi connectivity index (χ0v) is 43.9. The molecule has 4 aliphatic rings. The first kappa shape index (κ1) is 49.1. The number of aliphatic hydroxyl groups is 5. The molecule has 3 aromatic rings. The molecule has 12 atom stereocenters. The summed E-state index contributed by atoms with van der Waals surface area (Å²) >= 11 is 0. The summed E-state index contributed by atoms with van der Waals surface area (Å²) < 4.78 is 18.1. The van der Waals surface area contributed by atoms with E-state index in [2.05, 4.69) is 5.32 Å². The van der Waals surface area contributed by atoms with Crippen molar-refractivity contribution >= 4 is 23.6 Å². The molecule has 3 aromatic carbocycles. The van der Waals surface area contributed by atoms with E-state index < -0.39 is 107 Å². The number of carbonyl (C=O) groups excluding carboxylic acids is 4. The second kappa shape index (κ2) is 18.3. The Morgan fingerprint density at radius 1 is 0.850 bits per heavy atom. The minimum atomic E-state index is -2.32. The van der Waals surface area contributed by atoms with Crippen LogP contribution in [0.15, 0.2) is 96.1 Å². The third-order valence-corrected chi connectivity index (χ3v) is 13.6. The molecule has 314 valence electrons. The van der Waals surface area contributed by atoms with Crippen LogP contribution in [-0.4, -0.2) is 104 Å². The number of ketones is 1. The molecule has 0 spiro atoms. The SMILES string of the molecule is CC1=C2C(O)C(=O)[C@]3(C)C(O)C(C)C4OCC4(O)C3C(OC(=O)c3ccccc3)C(O)(CC1OC(=O)C(O)C(NC(=O)c1ccccc1)c1ccc(C)cc1)C2(C)C.[Ac].[Ac]. The number of benzene rings is 3. The van der Waals surface area contributed by atoms with Gasteiger partial charge >= 0.3 is 11.9 Å². The fourth-order valence-corrected chi connectivity index (χ4v) is 10.2. The Hall–Kier alpha value is -1.88. The minimum Gasteiger partial charge on any atom is -0.456 e. The molecule has 3 aliphatic carbocycles. The Morgan fingerprint density at radius 3 is 1.97 bits per heavy atom. The first-order valence-electron chi connectivity index (χ1n) is 19.5. The topological polar surface area (TPSA) is 209 Å². The number of carbonyl (C=O) groups is 4. The molecular weight excluding hydrogens is 1200 g/mol. The molecule has 6 N–H and O–H groups in total. The number of hydrogen-bond donors (Lipinski definition) is 6. The van der Waals surface area contributed by atoms with Gasteiger partial charge in [-0.1, -0.05) is 87.0 Å². The predicted octanol–water partition coefficient (Wildman–Crippen LogP) is 3.15. The van der Waals surface area contributed by atoms with Gasteiger partial charge in [-0.15, -0.1) is 0 Å². The summed E-state index contributed by atoms with van der Waals surface area (Å²) in [4.78, 5) is 56.5. The van der Waals surface area contributed by atoms with Gasteiger partial charge in [-0.25, -0.2) is 9.59 Å². The maximum Gasteiger partial charge on any atom is 0.338 e. The number of nitrogens with one attached hydrogen (secondary N) is 1. The van der Waals surface area contributed by atoms with Crippen LogP contribution in [0.1, 0.15) is 78.9 Å². The fraction of sp³-hybridized carbons (Fsp3) is 0.467. The molecule has 1 amide bonds. The van der Waals surface area contributed by atoms with Gasteiger partial charge in [0.2, 0.25) is 0 Å². The Bertz CT molecular complexity index is 2130. The maximum absolute atomic E-state index is 14.9. The van der Waals surface area contributed by atoms with E-state index >= 15 is 0 Å². The van der Waals surface area contributed by atoms with Gasteiger partial charge in [0.05, 0.1) is 35.8 Å². The summed E-state index contributed by atoms with van der Waals surface area (Å²) in [5.74, 6) is -5.90. The van der Waals surface area contributed by atoms with Crippen LogP contribution in [0.5, 0.6) is 0 Å². The first-order valence-corrected chi connectivity index (χ1v) is 19.5. The average Bonchev–Trinajstić information content (AvgIpc) is 3.20. The van der Waals surface area contributed by atoms with E-state index in [-0.39, 0.29) is 117 Å². The smallest absolute Gasteiger partial charge is 0.338 e. The van der Waals surface area contributed by atoms with E-state index in [4.69, 9.17) is 14.2 Å². The van der Waals surface area contributed by atoms with Crippen molar-refractivity contribution in [2.45, 2.75) is 102 Å². The average molecular weight is 1250 g/mol. The van der Waals surface area contributed by atoms with Crippen molar-refractivity contribution in [2.24, 2.45) is 22.7 Å². The van der Waals surface area contributed by atoms with Crippen molar-refractivity contribution in [3.8, 4) is 0 Å². The monoisotopic (exact) mass is 1250 g/mol. The van der Waals surface area contributed by atoms with Gasteiger partial charge in [0.25, 0.3) is 5.91 Å². The second-order valence-electron chi connectivity index (χ2n) is 17.2. The standard InChI is InChI=1S/C45H51NO12.2Ac/c1-23-17-19-26(20-18-23)31(46-39(51)27-13-9-7-10-14-27)33(48)41(53)57-29-21-45(55)38(58-40(52)28-15-11-8-12-16-28)34-43(6,35(49)25(3)37-44(34,54)22-56-37)36(50)32(47)30(24(29)2)42(45,4)5;;/h7-20,25,29,31-35,37-38,47-49,54-55H,21-22H2,1-6H3,(H,46,51);;/t25?,29?,31?,32?,33?,34?,35?,37?,38?,43-,44?,45?;;/m0../s1. The number of esters is 2. The third kappa shape index (κ3) is 7.99. The second-order valence-corrected chi connectivity index (χ2v) is 17.2. The van der Waals surface area contributed by atoms with Crippen molar-refractivity contribution in [3.05, 3.63) is 118 Å². The van der Waals surface area contributed by atoms with Gasteiger partial charge in [0, 0.05) is 117 Å². The number of Topliss-reactive ketones (excluding diaryl/α,β-unsaturated/α-hetero) is 1. The molecule has 13 nitrogen and oxygen atoms in total. The van der Waals surface area contributed by atoms with Crippen LogP contribution in [0.3, 0.4) is 0 Å². The van der Waals surface area contributed by atoms with Gasteiger partial charge < -0.3 is 45.1 Å². The molecule has 3 fully saturated rings. The van der Waals surface area contributed by atoms with Crippen LogP contribution in [0, 0.1) is 118 Å². The van der Waals surface area contributed by atoms with Crippen LogP contribution in [0.2, 0.25) is 0 Å². The molecule has 11 unspecified atom stereocenters. The van der Waals surface area contributed by atoms with Crippen molar-refractivity contribution < 1.29 is 147 Å². The van der Waals surface area contributed by atoms with Crippen LogP contribution in [0.25, 0.3) is 0 Å². The summed E-state index contributed by atoms with van der Waals surface area (Å²) in [7, 11) is 0. The number of aliphatic hydroxyl groups excluding tert-OH is 3. The van der Waals surface area contributed by atoms with Gasteiger partial charge in [-0.05, 0) is 61.7 Å². The van der Waals surface area contributed by atoms with Crippen molar-refractivity contribution in [3.63, 3.8) is 0 Å². The number of fused-ring (bicyclic) bond motifs is 5. The van der Waals surface area contributed by atoms with Crippen LogP contribution in [-0.2, 0) is 23.8 Å². The normalized spacial score (nSPS) is 33.6. The predicted molar refractivity (Wildman–Crippen MR) is 208 cm³/mol. The zero-order chi connectivity index (χ0) is 42.1. The van der Waals surface area contributed by atoms with E-state index in [1.165, 1.54) is 26.0 Å². The number of hydrogen-bond acceptors (Lipinski definition) is 12. The molecule has 0 aromatic heterocycles. The van der Waals surface area contributed by atoms with E-state index in [0.29, 0.717) is 5.56 Å². The summed E-state index contributed by atoms with van der Waals surface area (Å²) in [5.41, 5.74) is -6.02. The van der Waals surface area contributed by atoms with Crippen molar-refractivity contribution in [2.75, 3.05) is 6.61 Å². The molecule has 1 saturated heterocycles. The Morgan fingerprint density at radius 2 is 1.42 bits per heavy atom. The van der Waals surface area contributed by atoms with Crippen LogP contribution < -0.4 is 5.32 Å². The molecule has 1 aliphatic heterocycles. The quantitative estimate of drug-likeness (QED) is 0.142. The summed E-state index contributed by atoms with van der Waals surface area (Å²) in [5, 5.41) is 64.4.